The fourth-order valence-electron chi connectivity index (χ4n) is 3.65. The molecular formula is C17H25NO3. The highest BCUT2D eigenvalue weighted by Crippen LogP contribution is 2.42. The van der Waals surface area contributed by atoms with E-state index in [1.54, 1.807) is 14.2 Å². The number of hydrogen-bond donors (Lipinski definition) is 1. The molecule has 1 spiro atoms. The summed E-state index contributed by atoms with van der Waals surface area (Å²) < 4.78 is 17.5. The van der Waals surface area contributed by atoms with Crippen molar-refractivity contribution in [3.8, 4) is 11.5 Å². The highest BCUT2D eigenvalue weighted by atomic mass is 16.5. The summed E-state index contributed by atoms with van der Waals surface area (Å²) >= 11 is 0. The van der Waals surface area contributed by atoms with Gasteiger partial charge < -0.3 is 19.5 Å². The van der Waals surface area contributed by atoms with Crippen molar-refractivity contribution in [2.45, 2.75) is 43.8 Å². The molecule has 1 unspecified atom stereocenters. The van der Waals surface area contributed by atoms with Crippen LogP contribution < -0.4 is 14.8 Å². The van der Waals surface area contributed by atoms with Crippen LogP contribution in [0.15, 0.2) is 18.2 Å². The minimum atomic E-state index is 0.00918. The lowest BCUT2D eigenvalue weighted by Crippen LogP contribution is -2.51. The van der Waals surface area contributed by atoms with Gasteiger partial charge in [-0.05, 0) is 18.9 Å². The van der Waals surface area contributed by atoms with Gasteiger partial charge in [-0.2, -0.15) is 0 Å². The first kappa shape index (κ1) is 14.7. The molecule has 4 nitrogen and oxygen atoms in total. The van der Waals surface area contributed by atoms with E-state index in [4.69, 9.17) is 14.2 Å². The van der Waals surface area contributed by atoms with Gasteiger partial charge in [0.05, 0.1) is 25.9 Å². The summed E-state index contributed by atoms with van der Waals surface area (Å²) in [4.78, 5) is 0. The molecule has 1 aromatic carbocycles. The van der Waals surface area contributed by atoms with Crippen LogP contribution in [-0.2, 0) is 4.74 Å². The Morgan fingerprint density at radius 3 is 2.67 bits per heavy atom. The summed E-state index contributed by atoms with van der Waals surface area (Å²) in [6.07, 6.45) is 6.21. The number of methoxy groups -OCH3 is 2. The second-order valence-electron chi connectivity index (χ2n) is 6.06. The van der Waals surface area contributed by atoms with Crippen molar-refractivity contribution in [3.63, 3.8) is 0 Å². The minimum Gasteiger partial charge on any atom is -0.493 e. The molecular weight excluding hydrogens is 266 g/mol. The molecule has 1 atom stereocenters. The maximum Gasteiger partial charge on any atom is 0.166 e. The predicted molar refractivity (Wildman–Crippen MR) is 82.1 cm³/mol. The van der Waals surface area contributed by atoms with Crippen LogP contribution in [0.25, 0.3) is 0 Å². The maximum absolute atomic E-state index is 6.54. The normalized spacial score (nSPS) is 24.8. The van der Waals surface area contributed by atoms with E-state index in [1.807, 2.05) is 12.1 Å². The average molecular weight is 291 g/mol. The summed E-state index contributed by atoms with van der Waals surface area (Å²) in [5.41, 5.74) is 1.09. The molecule has 1 N–H and O–H groups in total. The van der Waals surface area contributed by atoms with Crippen LogP contribution in [0.3, 0.4) is 0 Å². The lowest BCUT2D eigenvalue weighted by molar-refractivity contribution is -0.136. The molecule has 116 valence electrons. The summed E-state index contributed by atoms with van der Waals surface area (Å²) in [7, 11) is 3.36. The standard InChI is InChI=1S/C17H25NO3/c1-19-14-8-6-7-13(16(14)20-2)15-11-18-12-17(21-15)9-4-3-5-10-17/h6-8,15,18H,3-5,9-12H2,1-2H3. The van der Waals surface area contributed by atoms with Crippen molar-refractivity contribution in [3.05, 3.63) is 23.8 Å². The van der Waals surface area contributed by atoms with E-state index in [0.29, 0.717) is 0 Å². The second-order valence-corrected chi connectivity index (χ2v) is 6.06. The van der Waals surface area contributed by atoms with Crippen LogP contribution in [-0.4, -0.2) is 32.9 Å². The predicted octanol–water partition coefficient (Wildman–Crippen LogP) is 3.07. The molecule has 1 aliphatic heterocycles. The first-order valence-electron chi connectivity index (χ1n) is 7.87. The summed E-state index contributed by atoms with van der Waals surface area (Å²) in [5.74, 6) is 1.56. The summed E-state index contributed by atoms with van der Waals surface area (Å²) in [6, 6.07) is 6.01. The van der Waals surface area contributed by atoms with E-state index in [0.717, 1.165) is 43.0 Å². The average Bonchev–Trinajstić information content (AvgIpc) is 2.54. The van der Waals surface area contributed by atoms with Gasteiger partial charge in [0.15, 0.2) is 11.5 Å². The lowest BCUT2D eigenvalue weighted by Gasteiger charge is -2.44. The molecule has 1 saturated heterocycles. The Labute approximate surface area is 126 Å². The van der Waals surface area contributed by atoms with Crippen molar-refractivity contribution < 1.29 is 14.2 Å². The van der Waals surface area contributed by atoms with Gasteiger partial charge in [-0.3, -0.25) is 0 Å². The monoisotopic (exact) mass is 291 g/mol. The van der Waals surface area contributed by atoms with Crippen LogP contribution >= 0.6 is 0 Å². The maximum atomic E-state index is 6.54. The summed E-state index contributed by atoms with van der Waals surface area (Å²) in [5, 5.41) is 3.56. The van der Waals surface area contributed by atoms with Crippen LogP contribution in [0.4, 0.5) is 0 Å². The van der Waals surface area contributed by atoms with E-state index in [9.17, 15) is 0 Å². The van der Waals surface area contributed by atoms with Crippen LogP contribution in [0.2, 0.25) is 0 Å². The first-order chi connectivity index (χ1) is 10.3. The number of morpholine rings is 1. The third-order valence-electron chi connectivity index (χ3n) is 4.71. The Morgan fingerprint density at radius 2 is 1.95 bits per heavy atom. The van der Waals surface area contributed by atoms with Gasteiger partial charge in [-0.15, -0.1) is 0 Å². The molecule has 1 aromatic rings. The molecule has 2 aliphatic rings. The zero-order chi connectivity index (χ0) is 14.7. The van der Waals surface area contributed by atoms with Crippen molar-refractivity contribution >= 4 is 0 Å². The van der Waals surface area contributed by atoms with Gasteiger partial charge in [0.25, 0.3) is 0 Å². The largest absolute Gasteiger partial charge is 0.493 e. The number of ether oxygens (including phenoxy) is 3. The van der Waals surface area contributed by atoms with Gasteiger partial charge in [0.1, 0.15) is 0 Å². The molecule has 4 heteroatoms. The molecule has 0 radical (unpaired) electrons. The van der Waals surface area contributed by atoms with Crippen LogP contribution in [0, 0.1) is 0 Å². The van der Waals surface area contributed by atoms with Crippen molar-refractivity contribution in [1.29, 1.82) is 0 Å². The Balaban J connectivity index is 1.86. The third kappa shape index (κ3) is 2.87. The number of nitrogens with one attached hydrogen (secondary N) is 1. The fourth-order valence-corrected chi connectivity index (χ4v) is 3.65. The lowest BCUT2D eigenvalue weighted by atomic mass is 9.83. The Bertz CT molecular complexity index is 477. The van der Waals surface area contributed by atoms with E-state index in [-0.39, 0.29) is 11.7 Å². The molecule has 3 rings (SSSR count). The molecule has 0 amide bonds. The Morgan fingerprint density at radius 1 is 1.14 bits per heavy atom. The van der Waals surface area contributed by atoms with E-state index >= 15 is 0 Å². The van der Waals surface area contributed by atoms with Gasteiger partial charge in [-0.1, -0.05) is 31.4 Å². The number of rotatable bonds is 3. The quantitative estimate of drug-likeness (QED) is 0.929. The Kier molecular flexibility index (Phi) is 4.36. The highest BCUT2D eigenvalue weighted by Gasteiger charge is 2.39. The molecule has 21 heavy (non-hydrogen) atoms. The number of para-hydroxylation sites is 1. The zero-order valence-electron chi connectivity index (χ0n) is 13.0. The molecule has 0 bridgehead atoms. The van der Waals surface area contributed by atoms with Crippen LogP contribution in [0.5, 0.6) is 11.5 Å². The van der Waals surface area contributed by atoms with Crippen molar-refractivity contribution in [2.75, 3.05) is 27.3 Å². The summed E-state index contributed by atoms with van der Waals surface area (Å²) in [6.45, 7) is 1.79. The number of hydrogen-bond acceptors (Lipinski definition) is 4. The van der Waals surface area contributed by atoms with Crippen molar-refractivity contribution in [2.24, 2.45) is 0 Å². The molecule has 1 aliphatic carbocycles. The first-order valence-corrected chi connectivity index (χ1v) is 7.87. The second kappa shape index (κ2) is 6.24. The minimum absolute atomic E-state index is 0.00918. The number of benzene rings is 1. The van der Waals surface area contributed by atoms with Gasteiger partial charge >= 0.3 is 0 Å². The van der Waals surface area contributed by atoms with E-state index in [2.05, 4.69) is 11.4 Å². The van der Waals surface area contributed by atoms with Crippen molar-refractivity contribution in [1.82, 2.24) is 5.32 Å². The fraction of sp³-hybridized carbons (Fsp3) is 0.647. The highest BCUT2D eigenvalue weighted by molar-refractivity contribution is 5.48. The molecule has 1 saturated carbocycles. The third-order valence-corrected chi connectivity index (χ3v) is 4.71. The zero-order valence-corrected chi connectivity index (χ0v) is 13.0. The van der Waals surface area contributed by atoms with Crippen LogP contribution in [0.1, 0.15) is 43.8 Å². The van der Waals surface area contributed by atoms with E-state index in [1.165, 1.54) is 19.3 Å². The molecule has 2 fully saturated rings. The molecule has 0 aromatic heterocycles. The SMILES string of the molecule is COc1cccc(C2CNCC3(CCCCC3)O2)c1OC. The van der Waals surface area contributed by atoms with E-state index < -0.39 is 0 Å². The van der Waals surface area contributed by atoms with Gasteiger partial charge in [-0.25, -0.2) is 0 Å². The molecule has 1 heterocycles. The smallest absolute Gasteiger partial charge is 0.166 e. The Hall–Kier alpha value is -1.26. The van der Waals surface area contributed by atoms with Gasteiger partial charge in [0, 0.05) is 18.7 Å². The topological polar surface area (TPSA) is 39.7 Å². The van der Waals surface area contributed by atoms with Gasteiger partial charge in [0.2, 0.25) is 0 Å².